The number of methoxy groups -OCH3 is 1. The molecule has 0 unspecified atom stereocenters. The predicted octanol–water partition coefficient (Wildman–Crippen LogP) is 3.25. The highest BCUT2D eigenvalue weighted by Gasteiger charge is 2.19. The zero-order valence-electron chi connectivity index (χ0n) is 11.8. The van der Waals surface area contributed by atoms with Crippen molar-refractivity contribution < 1.29 is 9.47 Å². The van der Waals surface area contributed by atoms with Crippen LogP contribution in [0.4, 0.5) is 0 Å². The fourth-order valence-corrected chi connectivity index (χ4v) is 1.95. The second kappa shape index (κ2) is 7.19. The van der Waals surface area contributed by atoms with E-state index in [0.29, 0.717) is 0 Å². The SMILES string of the molecule is C/C=C/c1ccc(OCCCNC2CC2)c(OC)c1. The van der Waals surface area contributed by atoms with Gasteiger partial charge in [0.2, 0.25) is 0 Å². The molecule has 0 bridgehead atoms. The molecule has 1 aromatic rings. The van der Waals surface area contributed by atoms with Crippen molar-refractivity contribution in [3.63, 3.8) is 0 Å². The first kappa shape index (κ1) is 13.9. The molecule has 1 saturated carbocycles. The van der Waals surface area contributed by atoms with Crippen molar-refractivity contribution in [1.29, 1.82) is 0 Å². The molecule has 0 aliphatic heterocycles. The van der Waals surface area contributed by atoms with Crippen molar-refractivity contribution in [2.45, 2.75) is 32.2 Å². The Morgan fingerprint density at radius 3 is 2.84 bits per heavy atom. The second-order valence-electron chi connectivity index (χ2n) is 4.84. The number of allylic oxidation sites excluding steroid dienone is 1. The van der Waals surface area contributed by atoms with Crippen LogP contribution in [0, 0.1) is 0 Å². The lowest BCUT2D eigenvalue weighted by Crippen LogP contribution is -2.19. The zero-order chi connectivity index (χ0) is 13.5. The molecule has 1 aromatic carbocycles. The van der Waals surface area contributed by atoms with Crippen LogP contribution in [0.3, 0.4) is 0 Å². The Kier molecular flexibility index (Phi) is 5.28. The van der Waals surface area contributed by atoms with Crippen LogP contribution in [0.15, 0.2) is 24.3 Å². The molecule has 0 aromatic heterocycles. The summed E-state index contributed by atoms with van der Waals surface area (Å²) in [5.74, 6) is 1.62. The van der Waals surface area contributed by atoms with Crippen molar-refractivity contribution >= 4 is 6.08 Å². The van der Waals surface area contributed by atoms with E-state index in [1.165, 1.54) is 12.8 Å². The van der Waals surface area contributed by atoms with Crippen LogP contribution in [-0.2, 0) is 0 Å². The summed E-state index contributed by atoms with van der Waals surface area (Å²) in [7, 11) is 1.68. The number of rotatable bonds is 8. The van der Waals surface area contributed by atoms with Crippen LogP contribution in [0.2, 0.25) is 0 Å². The van der Waals surface area contributed by atoms with Crippen molar-refractivity contribution in [1.82, 2.24) is 5.32 Å². The highest BCUT2D eigenvalue weighted by Crippen LogP contribution is 2.28. The average Bonchev–Trinajstić information content (AvgIpc) is 3.24. The molecule has 0 spiro atoms. The van der Waals surface area contributed by atoms with Crippen molar-refractivity contribution in [3.8, 4) is 11.5 Å². The van der Waals surface area contributed by atoms with Crippen molar-refractivity contribution in [2.24, 2.45) is 0 Å². The maximum Gasteiger partial charge on any atom is 0.161 e. The molecule has 0 saturated heterocycles. The van der Waals surface area contributed by atoms with Crippen LogP contribution in [0.25, 0.3) is 6.08 Å². The van der Waals surface area contributed by atoms with Gasteiger partial charge < -0.3 is 14.8 Å². The lowest BCUT2D eigenvalue weighted by Gasteiger charge is -2.11. The Morgan fingerprint density at radius 2 is 2.16 bits per heavy atom. The van der Waals surface area contributed by atoms with E-state index in [1.54, 1.807) is 7.11 Å². The van der Waals surface area contributed by atoms with Gasteiger partial charge in [-0.1, -0.05) is 18.2 Å². The summed E-state index contributed by atoms with van der Waals surface area (Å²) in [5, 5.41) is 3.48. The van der Waals surface area contributed by atoms with Gasteiger partial charge in [-0.2, -0.15) is 0 Å². The summed E-state index contributed by atoms with van der Waals surface area (Å²) in [6.45, 7) is 3.76. The Labute approximate surface area is 115 Å². The quantitative estimate of drug-likeness (QED) is 0.729. The minimum Gasteiger partial charge on any atom is -0.493 e. The fraction of sp³-hybridized carbons (Fsp3) is 0.500. The Hall–Kier alpha value is -1.48. The highest BCUT2D eigenvalue weighted by molar-refractivity contribution is 5.55. The van der Waals surface area contributed by atoms with E-state index in [2.05, 4.69) is 5.32 Å². The van der Waals surface area contributed by atoms with E-state index in [1.807, 2.05) is 37.3 Å². The Bertz CT molecular complexity index is 425. The minimum absolute atomic E-state index is 0.721. The smallest absolute Gasteiger partial charge is 0.161 e. The maximum absolute atomic E-state index is 5.77. The summed E-state index contributed by atoms with van der Waals surface area (Å²) in [5.41, 5.74) is 1.13. The molecule has 3 nitrogen and oxygen atoms in total. The molecule has 0 atom stereocenters. The third kappa shape index (κ3) is 4.60. The molecular weight excluding hydrogens is 238 g/mol. The third-order valence-electron chi connectivity index (χ3n) is 3.14. The topological polar surface area (TPSA) is 30.5 Å². The van der Waals surface area contributed by atoms with Crippen LogP contribution >= 0.6 is 0 Å². The van der Waals surface area contributed by atoms with Gasteiger partial charge in [-0.3, -0.25) is 0 Å². The molecule has 0 amide bonds. The molecule has 3 heteroatoms. The number of nitrogens with one attached hydrogen (secondary N) is 1. The number of hydrogen-bond donors (Lipinski definition) is 1. The number of hydrogen-bond acceptors (Lipinski definition) is 3. The van der Waals surface area contributed by atoms with Crippen molar-refractivity contribution in [3.05, 3.63) is 29.8 Å². The molecule has 19 heavy (non-hydrogen) atoms. The fourth-order valence-electron chi connectivity index (χ4n) is 1.95. The minimum atomic E-state index is 0.721. The van der Waals surface area contributed by atoms with E-state index in [9.17, 15) is 0 Å². The molecule has 1 N–H and O–H groups in total. The molecule has 1 aliphatic carbocycles. The molecule has 0 heterocycles. The normalized spacial score (nSPS) is 14.8. The first-order chi connectivity index (χ1) is 9.33. The molecule has 0 radical (unpaired) electrons. The molecule has 104 valence electrons. The largest absolute Gasteiger partial charge is 0.493 e. The Morgan fingerprint density at radius 1 is 1.32 bits per heavy atom. The van der Waals surface area contributed by atoms with Gasteiger partial charge in [0.05, 0.1) is 13.7 Å². The van der Waals surface area contributed by atoms with E-state index in [4.69, 9.17) is 9.47 Å². The maximum atomic E-state index is 5.77. The van der Waals surface area contributed by atoms with Gasteiger partial charge in [0, 0.05) is 6.04 Å². The zero-order valence-corrected chi connectivity index (χ0v) is 11.8. The number of ether oxygens (including phenoxy) is 2. The summed E-state index contributed by atoms with van der Waals surface area (Å²) in [4.78, 5) is 0. The summed E-state index contributed by atoms with van der Waals surface area (Å²) >= 11 is 0. The lowest BCUT2D eigenvalue weighted by atomic mass is 10.2. The van der Waals surface area contributed by atoms with Gasteiger partial charge >= 0.3 is 0 Å². The van der Waals surface area contributed by atoms with E-state index in [-0.39, 0.29) is 0 Å². The second-order valence-corrected chi connectivity index (χ2v) is 4.84. The van der Waals surface area contributed by atoms with Crippen LogP contribution in [0.5, 0.6) is 11.5 Å². The summed E-state index contributed by atoms with van der Waals surface area (Å²) in [6, 6.07) is 6.79. The van der Waals surface area contributed by atoms with Crippen LogP contribution < -0.4 is 14.8 Å². The van der Waals surface area contributed by atoms with Crippen LogP contribution in [-0.4, -0.2) is 26.3 Å². The van der Waals surface area contributed by atoms with E-state index in [0.717, 1.165) is 42.7 Å². The highest BCUT2D eigenvalue weighted by atomic mass is 16.5. The number of benzene rings is 1. The van der Waals surface area contributed by atoms with Crippen LogP contribution in [0.1, 0.15) is 31.7 Å². The third-order valence-corrected chi connectivity index (χ3v) is 3.14. The molecular formula is C16H23NO2. The standard InChI is InChI=1S/C16H23NO2/c1-3-5-13-6-9-15(16(12-13)18-2)19-11-4-10-17-14-7-8-14/h3,5-6,9,12,14,17H,4,7-8,10-11H2,1-2H3/b5-3+. The van der Waals surface area contributed by atoms with Gasteiger partial charge in [0.15, 0.2) is 11.5 Å². The summed E-state index contributed by atoms with van der Waals surface area (Å²) in [6.07, 6.45) is 7.75. The average molecular weight is 261 g/mol. The van der Waals surface area contributed by atoms with E-state index < -0.39 is 0 Å². The first-order valence-electron chi connectivity index (χ1n) is 7.00. The van der Waals surface area contributed by atoms with Gasteiger partial charge in [-0.05, 0) is 50.4 Å². The van der Waals surface area contributed by atoms with Gasteiger partial charge in [-0.25, -0.2) is 0 Å². The Balaban J connectivity index is 1.80. The van der Waals surface area contributed by atoms with Crippen molar-refractivity contribution in [2.75, 3.05) is 20.3 Å². The molecule has 1 fully saturated rings. The van der Waals surface area contributed by atoms with Gasteiger partial charge in [-0.15, -0.1) is 0 Å². The first-order valence-corrected chi connectivity index (χ1v) is 7.00. The lowest BCUT2D eigenvalue weighted by molar-refractivity contribution is 0.287. The summed E-state index contributed by atoms with van der Waals surface area (Å²) < 4.78 is 11.1. The van der Waals surface area contributed by atoms with Gasteiger partial charge in [0.1, 0.15) is 0 Å². The van der Waals surface area contributed by atoms with E-state index >= 15 is 0 Å². The monoisotopic (exact) mass is 261 g/mol. The molecule has 2 rings (SSSR count). The van der Waals surface area contributed by atoms with Gasteiger partial charge in [0.25, 0.3) is 0 Å². The molecule has 1 aliphatic rings. The predicted molar refractivity (Wildman–Crippen MR) is 78.8 cm³/mol.